The number of ether oxygens (including phenoxy) is 1. The molecule has 0 spiro atoms. The molecule has 1 unspecified atom stereocenters. The minimum absolute atomic E-state index is 0.105. The Hall–Kier alpha value is -2.83. The minimum atomic E-state index is -4.67. The number of carbonyl (C=O) groups is 2. The highest BCUT2D eigenvalue weighted by molar-refractivity contribution is 5.98. The fourth-order valence-corrected chi connectivity index (χ4v) is 2.35. The lowest BCUT2D eigenvalue weighted by molar-refractivity contribution is -0.142. The second kappa shape index (κ2) is 7.83. The van der Waals surface area contributed by atoms with Gasteiger partial charge in [0.1, 0.15) is 6.04 Å². The Morgan fingerprint density at radius 3 is 2.24 bits per heavy atom. The van der Waals surface area contributed by atoms with E-state index in [1.54, 1.807) is 30.3 Å². The van der Waals surface area contributed by atoms with E-state index in [9.17, 15) is 22.8 Å². The van der Waals surface area contributed by atoms with Crippen LogP contribution in [0.2, 0.25) is 0 Å². The normalized spacial score (nSPS) is 12.3. The van der Waals surface area contributed by atoms with Gasteiger partial charge in [-0.25, -0.2) is 4.79 Å². The summed E-state index contributed by atoms with van der Waals surface area (Å²) < 4.78 is 43.8. The lowest BCUT2D eigenvalue weighted by Gasteiger charge is -2.18. The van der Waals surface area contributed by atoms with Gasteiger partial charge in [-0.3, -0.25) is 4.79 Å². The molecular weight excluding hydrogens is 335 g/mol. The summed E-state index contributed by atoms with van der Waals surface area (Å²) >= 11 is 0. The highest BCUT2D eigenvalue weighted by Gasteiger charge is 2.35. The maximum absolute atomic E-state index is 13.0. The summed E-state index contributed by atoms with van der Waals surface area (Å²) in [7, 11) is 1.15. The summed E-state index contributed by atoms with van der Waals surface area (Å²) in [5.41, 5.74) is -0.866. The number of benzene rings is 2. The molecule has 7 heteroatoms. The predicted molar refractivity (Wildman–Crippen MR) is 84.9 cm³/mol. The molecular formula is C18H16F3NO3. The molecule has 1 atom stereocenters. The molecule has 132 valence electrons. The molecule has 0 radical (unpaired) electrons. The number of rotatable bonds is 5. The third-order valence-corrected chi connectivity index (χ3v) is 3.55. The van der Waals surface area contributed by atoms with Crippen LogP contribution in [0.15, 0.2) is 54.6 Å². The fraction of sp³-hybridized carbons (Fsp3) is 0.222. The van der Waals surface area contributed by atoms with Crippen LogP contribution < -0.4 is 5.32 Å². The van der Waals surface area contributed by atoms with Crippen molar-refractivity contribution in [2.45, 2.75) is 18.6 Å². The summed E-state index contributed by atoms with van der Waals surface area (Å²) in [6.07, 6.45) is -4.57. The molecule has 2 aromatic carbocycles. The van der Waals surface area contributed by atoms with Gasteiger partial charge in [0.2, 0.25) is 0 Å². The van der Waals surface area contributed by atoms with Gasteiger partial charge in [0.25, 0.3) is 5.91 Å². The van der Waals surface area contributed by atoms with E-state index >= 15 is 0 Å². The van der Waals surface area contributed by atoms with Crippen LogP contribution in [-0.4, -0.2) is 25.0 Å². The Morgan fingerprint density at radius 1 is 1.04 bits per heavy atom. The van der Waals surface area contributed by atoms with Gasteiger partial charge in [0.15, 0.2) is 0 Å². The summed E-state index contributed by atoms with van der Waals surface area (Å²) in [6, 6.07) is 12.1. The number of amides is 1. The monoisotopic (exact) mass is 351 g/mol. The largest absolute Gasteiger partial charge is 0.467 e. The van der Waals surface area contributed by atoms with Crippen molar-refractivity contribution in [3.63, 3.8) is 0 Å². The Kier molecular flexibility index (Phi) is 5.80. The fourth-order valence-electron chi connectivity index (χ4n) is 2.35. The van der Waals surface area contributed by atoms with Gasteiger partial charge in [-0.05, 0) is 17.7 Å². The average Bonchev–Trinajstić information content (AvgIpc) is 2.60. The van der Waals surface area contributed by atoms with Crippen molar-refractivity contribution < 1.29 is 27.5 Å². The third-order valence-electron chi connectivity index (χ3n) is 3.55. The van der Waals surface area contributed by atoms with Crippen LogP contribution in [0.5, 0.6) is 0 Å². The summed E-state index contributed by atoms with van der Waals surface area (Å²) in [5.74, 6) is -1.72. The number of halogens is 3. The number of nitrogens with one attached hydrogen (secondary N) is 1. The van der Waals surface area contributed by atoms with E-state index in [-0.39, 0.29) is 6.42 Å². The van der Waals surface area contributed by atoms with E-state index in [2.05, 4.69) is 10.1 Å². The Bertz CT molecular complexity index is 745. The van der Waals surface area contributed by atoms with Crippen molar-refractivity contribution in [1.82, 2.24) is 5.32 Å². The van der Waals surface area contributed by atoms with Gasteiger partial charge >= 0.3 is 12.1 Å². The van der Waals surface area contributed by atoms with E-state index in [4.69, 9.17) is 0 Å². The molecule has 1 N–H and O–H groups in total. The highest BCUT2D eigenvalue weighted by Crippen LogP contribution is 2.31. The molecule has 2 rings (SSSR count). The third kappa shape index (κ3) is 4.82. The van der Waals surface area contributed by atoms with Crippen molar-refractivity contribution in [3.8, 4) is 0 Å². The average molecular weight is 351 g/mol. The summed E-state index contributed by atoms with van der Waals surface area (Å²) in [5, 5.41) is 2.33. The number of alkyl halides is 3. The zero-order chi connectivity index (χ0) is 18.4. The van der Waals surface area contributed by atoms with Crippen molar-refractivity contribution in [1.29, 1.82) is 0 Å². The molecule has 2 aromatic rings. The standard InChI is InChI=1S/C18H16F3NO3/c1-25-17(24)15(11-12-7-3-2-4-8-12)22-16(23)13-9-5-6-10-14(13)18(19,20)21/h2-10,15H,11H2,1H3,(H,22,23). The Morgan fingerprint density at radius 2 is 1.64 bits per heavy atom. The van der Waals surface area contributed by atoms with Crippen molar-refractivity contribution in [2.24, 2.45) is 0 Å². The predicted octanol–water partition coefficient (Wildman–Crippen LogP) is 3.22. The van der Waals surface area contributed by atoms with E-state index in [1.165, 1.54) is 12.1 Å². The summed E-state index contributed by atoms with van der Waals surface area (Å²) in [6.45, 7) is 0. The molecule has 4 nitrogen and oxygen atoms in total. The quantitative estimate of drug-likeness (QED) is 0.842. The zero-order valence-electron chi connectivity index (χ0n) is 13.3. The van der Waals surface area contributed by atoms with Gasteiger partial charge in [0.05, 0.1) is 18.2 Å². The lowest BCUT2D eigenvalue weighted by Crippen LogP contribution is -2.43. The second-order valence-electron chi connectivity index (χ2n) is 5.28. The highest BCUT2D eigenvalue weighted by atomic mass is 19.4. The number of hydrogen-bond acceptors (Lipinski definition) is 3. The first-order valence-electron chi connectivity index (χ1n) is 7.41. The van der Waals surface area contributed by atoms with Crippen molar-refractivity contribution >= 4 is 11.9 Å². The van der Waals surface area contributed by atoms with Crippen molar-refractivity contribution in [2.75, 3.05) is 7.11 Å². The molecule has 0 aliphatic carbocycles. The molecule has 0 bridgehead atoms. The molecule has 0 aliphatic rings. The molecule has 0 saturated carbocycles. The number of methoxy groups -OCH3 is 1. The molecule has 0 fully saturated rings. The van der Waals surface area contributed by atoms with Crippen molar-refractivity contribution in [3.05, 3.63) is 71.3 Å². The van der Waals surface area contributed by atoms with Crippen LogP contribution in [0.1, 0.15) is 21.5 Å². The Balaban J connectivity index is 2.25. The first-order chi connectivity index (χ1) is 11.8. The van der Waals surface area contributed by atoms with Gasteiger partial charge in [-0.15, -0.1) is 0 Å². The molecule has 0 heterocycles. The summed E-state index contributed by atoms with van der Waals surface area (Å²) in [4.78, 5) is 24.2. The number of esters is 1. The first kappa shape index (κ1) is 18.5. The van der Waals surface area contributed by atoms with Crippen LogP contribution >= 0.6 is 0 Å². The van der Waals surface area contributed by atoms with Crippen LogP contribution in [-0.2, 0) is 22.1 Å². The minimum Gasteiger partial charge on any atom is -0.467 e. The Labute approximate surface area is 142 Å². The van der Waals surface area contributed by atoms with E-state index in [1.807, 2.05) is 0 Å². The number of hydrogen-bond donors (Lipinski definition) is 1. The van der Waals surface area contributed by atoms with Crippen LogP contribution in [0.4, 0.5) is 13.2 Å². The first-order valence-corrected chi connectivity index (χ1v) is 7.41. The molecule has 0 aromatic heterocycles. The second-order valence-corrected chi connectivity index (χ2v) is 5.28. The SMILES string of the molecule is COC(=O)C(Cc1ccccc1)NC(=O)c1ccccc1C(F)(F)F. The lowest BCUT2D eigenvalue weighted by atomic mass is 10.0. The number of carbonyl (C=O) groups excluding carboxylic acids is 2. The van der Waals surface area contributed by atoms with Gasteiger partial charge in [-0.1, -0.05) is 42.5 Å². The van der Waals surface area contributed by atoms with Crippen LogP contribution in [0.3, 0.4) is 0 Å². The maximum Gasteiger partial charge on any atom is 0.417 e. The van der Waals surface area contributed by atoms with Gasteiger partial charge in [-0.2, -0.15) is 13.2 Å². The van der Waals surface area contributed by atoms with Gasteiger partial charge < -0.3 is 10.1 Å². The van der Waals surface area contributed by atoms with Crippen LogP contribution in [0.25, 0.3) is 0 Å². The smallest absolute Gasteiger partial charge is 0.417 e. The zero-order valence-corrected chi connectivity index (χ0v) is 13.3. The molecule has 25 heavy (non-hydrogen) atoms. The topological polar surface area (TPSA) is 55.4 Å². The van der Waals surface area contributed by atoms with Gasteiger partial charge in [0, 0.05) is 6.42 Å². The molecule has 0 saturated heterocycles. The van der Waals surface area contributed by atoms with E-state index in [0.29, 0.717) is 0 Å². The molecule has 0 aliphatic heterocycles. The molecule has 1 amide bonds. The van der Waals surface area contributed by atoms with E-state index < -0.39 is 35.2 Å². The van der Waals surface area contributed by atoms with Crippen LogP contribution in [0, 0.1) is 0 Å². The maximum atomic E-state index is 13.0. The van der Waals surface area contributed by atoms with E-state index in [0.717, 1.165) is 24.8 Å².